The number of carbonyl (C=O) groups excluding carboxylic acids is 12. The smallest absolute Gasteiger partial charge is 0.334 e. The SMILES string of the molecule is CN=C(N)NCCC[C@H](NC(=O)[C@H](CC(C)C)NC(=O)NNC(=O)[C@H](Cc1ccccc1)NC(=O)[C@H](CO)NC(=O)[C@H](CC(N)=O)NC(=O)[C@@H](Cc1c[nH]c2ccccc12)NC(=O)[C@@H](CC(N)=O)NC(=O)[C@H](N)Cc1ccc(O)cc1)C(=O)N[C@@H](Cc1ccccc1)C(N)=O. The predicted molar refractivity (Wildman–Crippen MR) is 347 cm³/mol. The summed E-state index contributed by atoms with van der Waals surface area (Å²) in [6.45, 7) is 2.61. The van der Waals surface area contributed by atoms with Gasteiger partial charge in [-0.25, -0.2) is 10.2 Å². The number of aliphatic hydroxyl groups is 1. The maximum Gasteiger partial charge on any atom is 0.334 e. The molecule has 1 heterocycles. The van der Waals surface area contributed by atoms with Crippen molar-refractivity contribution in [2.24, 2.45) is 39.6 Å². The number of aliphatic hydroxyl groups excluding tert-OH is 1. The van der Waals surface area contributed by atoms with E-state index in [4.69, 9.17) is 28.7 Å². The van der Waals surface area contributed by atoms with Gasteiger partial charge in [0.2, 0.25) is 59.1 Å². The van der Waals surface area contributed by atoms with Crippen molar-refractivity contribution in [1.29, 1.82) is 0 Å². The fourth-order valence-electron chi connectivity index (χ4n) is 9.74. The molecule has 0 spiro atoms. The first-order valence-corrected chi connectivity index (χ1v) is 30.3. The number of primary amides is 3. The van der Waals surface area contributed by atoms with Crippen molar-refractivity contribution in [3.05, 3.63) is 138 Å². The lowest BCUT2D eigenvalue weighted by Gasteiger charge is -2.27. The van der Waals surface area contributed by atoms with Crippen LogP contribution in [0.2, 0.25) is 0 Å². The number of hydrogen-bond donors (Lipinski definition) is 19. The summed E-state index contributed by atoms with van der Waals surface area (Å²) in [5, 5.41) is 43.4. The zero-order valence-electron chi connectivity index (χ0n) is 52.6. The molecule has 0 aliphatic heterocycles. The number of urea groups is 1. The molecule has 5 rings (SSSR count). The van der Waals surface area contributed by atoms with Crippen molar-refractivity contribution in [3.63, 3.8) is 0 Å². The molecule has 13 amide bonds. The van der Waals surface area contributed by atoms with E-state index in [1.807, 2.05) is 0 Å². The summed E-state index contributed by atoms with van der Waals surface area (Å²) < 4.78 is 0. The number of phenols is 1. The molecule has 5 aromatic rings. The Morgan fingerprint density at radius 3 is 1.52 bits per heavy atom. The number of hydrogen-bond acceptors (Lipinski definition) is 16. The van der Waals surface area contributed by atoms with E-state index in [1.165, 1.54) is 31.3 Å². The summed E-state index contributed by atoms with van der Waals surface area (Å²) in [6, 6.07) is 14.7. The summed E-state index contributed by atoms with van der Waals surface area (Å²) in [7, 11) is 1.47. The lowest BCUT2D eigenvalue weighted by Crippen LogP contribution is -2.62. The minimum absolute atomic E-state index is 0.0124. The van der Waals surface area contributed by atoms with Crippen LogP contribution in [-0.4, -0.2) is 167 Å². The second-order valence-electron chi connectivity index (χ2n) is 22.7. The molecule has 1 aromatic heterocycles. The average Bonchev–Trinajstić information content (AvgIpc) is 1.78. The molecule has 9 atom stereocenters. The van der Waals surface area contributed by atoms with E-state index in [-0.39, 0.29) is 69.1 Å². The number of nitrogens with zero attached hydrogens (tertiary/aromatic N) is 1. The number of rotatable bonds is 36. The molecule has 0 bridgehead atoms. The summed E-state index contributed by atoms with van der Waals surface area (Å²) in [4.78, 5) is 170. The number of H-pyrrole nitrogens is 1. The van der Waals surface area contributed by atoms with Gasteiger partial charge in [-0.1, -0.05) is 105 Å². The molecule has 0 radical (unpaired) electrons. The van der Waals surface area contributed by atoms with Crippen LogP contribution in [0, 0.1) is 5.92 Å². The number of para-hydroxylation sites is 1. The number of hydrazine groups is 1. The van der Waals surface area contributed by atoms with E-state index in [9.17, 15) is 67.7 Å². The Hall–Kier alpha value is -11.2. The summed E-state index contributed by atoms with van der Waals surface area (Å²) in [5.74, 6) is -11.3. The average molecular weight is 1320 g/mol. The van der Waals surface area contributed by atoms with Crippen molar-refractivity contribution in [3.8, 4) is 5.75 Å². The van der Waals surface area contributed by atoms with Gasteiger partial charge in [0.1, 0.15) is 54.1 Å². The van der Waals surface area contributed by atoms with Crippen LogP contribution in [0.3, 0.4) is 0 Å². The number of aromatic nitrogens is 1. The zero-order chi connectivity index (χ0) is 69.7. The zero-order valence-corrected chi connectivity index (χ0v) is 52.6. The number of aromatic amines is 1. The van der Waals surface area contributed by atoms with Gasteiger partial charge in [-0.2, -0.15) is 0 Å². The molecule has 95 heavy (non-hydrogen) atoms. The van der Waals surface area contributed by atoms with Gasteiger partial charge in [0.05, 0.1) is 25.5 Å². The number of fused-ring (bicyclic) bond motifs is 1. The molecule has 32 heteroatoms. The number of benzene rings is 4. The topological polar surface area (TPSA) is 536 Å². The van der Waals surface area contributed by atoms with Gasteiger partial charge in [-0.15, -0.1) is 0 Å². The third kappa shape index (κ3) is 25.1. The second-order valence-corrected chi connectivity index (χ2v) is 22.7. The molecule has 0 saturated carbocycles. The van der Waals surface area contributed by atoms with Crippen LogP contribution in [0.25, 0.3) is 10.9 Å². The normalized spacial score (nSPS) is 14.1. The molecule has 0 fully saturated rings. The molecule has 4 aromatic carbocycles. The van der Waals surface area contributed by atoms with Gasteiger partial charge in [0, 0.05) is 50.0 Å². The largest absolute Gasteiger partial charge is 0.508 e. The standard InChI is InChI=1S/C63H84N18O14/c1-34(2)25-45(56(89)72-43(19-12-24-70-62(68)69-3)55(88)73-44(53(67)86)27-35-13-6-4-7-14-35)79-63(95)81-80-61(94)46(28-36-15-8-5-9-16-36)75-60(93)50(33-82)78-59(92)49(31-52(66)85)77-57(90)47(29-38-32-71-42-18-11-10-17-40(38)42)76-58(91)48(30-51(65)84)74-54(87)41(64)26-37-20-22-39(83)23-21-37/h4-11,13-18,20-23,32,34,41,43-50,71,82-83H,12,19,24-31,33,64H2,1-3H3,(H2,65,84)(H2,66,85)(H2,67,86)(H,72,89)(H,73,88)(H,74,87)(H,75,93)(H,76,91)(H,77,90)(H,78,92)(H,80,94)(H3,68,69,70)(H2,79,81,95)/t41-,43+,44+,45+,46+,47-,48-,49+,50+/m1/s1. The van der Waals surface area contributed by atoms with E-state index in [1.54, 1.807) is 105 Å². The molecular formula is C63H84N18O14. The van der Waals surface area contributed by atoms with Gasteiger partial charge in [0.15, 0.2) is 5.96 Å². The van der Waals surface area contributed by atoms with Crippen molar-refractivity contribution in [1.82, 2.24) is 63.7 Å². The van der Waals surface area contributed by atoms with Crippen molar-refractivity contribution >= 4 is 87.9 Å². The maximum atomic E-state index is 14.5. The fourth-order valence-corrected chi connectivity index (χ4v) is 9.74. The van der Waals surface area contributed by atoms with Gasteiger partial charge >= 0.3 is 6.03 Å². The second kappa shape index (κ2) is 37.4. The third-order valence-electron chi connectivity index (χ3n) is 14.7. The highest BCUT2D eigenvalue weighted by Crippen LogP contribution is 2.20. The van der Waals surface area contributed by atoms with E-state index < -0.39 is 145 Å². The van der Waals surface area contributed by atoms with Crippen LogP contribution >= 0.6 is 0 Å². The van der Waals surface area contributed by atoms with Crippen LogP contribution in [0.15, 0.2) is 120 Å². The number of aromatic hydroxyl groups is 1. The lowest BCUT2D eigenvalue weighted by atomic mass is 10.0. The number of nitrogens with one attached hydrogen (secondary N) is 12. The summed E-state index contributed by atoms with van der Waals surface area (Å²) >= 11 is 0. The van der Waals surface area contributed by atoms with Crippen LogP contribution in [0.1, 0.15) is 68.2 Å². The van der Waals surface area contributed by atoms with E-state index in [0.717, 1.165) is 0 Å². The highest BCUT2D eigenvalue weighted by Gasteiger charge is 2.36. The van der Waals surface area contributed by atoms with Crippen LogP contribution in [-0.2, 0) is 78.4 Å². The minimum Gasteiger partial charge on any atom is -0.508 e. The third-order valence-corrected chi connectivity index (χ3v) is 14.7. The Bertz CT molecular complexity index is 3500. The van der Waals surface area contributed by atoms with E-state index >= 15 is 0 Å². The van der Waals surface area contributed by atoms with Crippen LogP contribution < -0.4 is 87.4 Å². The summed E-state index contributed by atoms with van der Waals surface area (Å²) in [5.41, 5.74) is 35.8. The highest BCUT2D eigenvalue weighted by molar-refractivity contribution is 6.00. The molecule has 0 aliphatic carbocycles. The maximum absolute atomic E-state index is 14.5. The molecular weight excluding hydrogens is 1230 g/mol. The Morgan fingerprint density at radius 2 is 0.958 bits per heavy atom. The Balaban J connectivity index is 1.30. The van der Waals surface area contributed by atoms with Gasteiger partial charge in [0.25, 0.3) is 5.91 Å². The lowest BCUT2D eigenvalue weighted by molar-refractivity contribution is -0.136. The predicted octanol–water partition coefficient (Wildman–Crippen LogP) is -3.85. The quantitative estimate of drug-likeness (QED) is 0.00790. The van der Waals surface area contributed by atoms with Gasteiger partial charge in [-0.05, 0) is 72.1 Å². The van der Waals surface area contributed by atoms with E-state index in [0.29, 0.717) is 33.2 Å². The minimum atomic E-state index is -1.92. The molecule has 0 aliphatic rings. The molecule has 510 valence electrons. The van der Waals surface area contributed by atoms with Crippen molar-refractivity contribution < 1.29 is 67.7 Å². The number of phenolic OH excluding ortho intramolecular Hbond substituents is 1. The monoisotopic (exact) mass is 1320 g/mol. The first kappa shape index (κ1) is 74.6. The molecule has 24 N–H and O–H groups in total. The van der Waals surface area contributed by atoms with Crippen molar-refractivity contribution in [2.75, 3.05) is 20.2 Å². The molecule has 0 saturated heterocycles. The first-order chi connectivity index (χ1) is 45.2. The molecule has 32 nitrogen and oxygen atoms in total. The number of amides is 13. The van der Waals surface area contributed by atoms with Crippen LogP contribution in [0.4, 0.5) is 4.79 Å². The van der Waals surface area contributed by atoms with Gasteiger partial charge < -0.3 is 91.7 Å². The fraction of sp³-hybridized carbons (Fsp3) is 0.381. The highest BCUT2D eigenvalue weighted by atomic mass is 16.3. The number of aliphatic imine (C=N–C) groups is 1. The number of carbonyl (C=O) groups is 12. The van der Waals surface area contributed by atoms with Crippen molar-refractivity contribution in [2.45, 2.75) is 126 Å². The number of nitrogens with two attached hydrogens (primary N) is 5. The number of guanidine groups is 1. The van der Waals surface area contributed by atoms with Crippen LogP contribution in [0.5, 0.6) is 5.75 Å². The Kier molecular flexibility index (Phi) is 29.3. The Labute approximate surface area is 546 Å². The summed E-state index contributed by atoms with van der Waals surface area (Å²) in [6.07, 6.45) is -0.432. The Morgan fingerprint density at radius 1 is 0.495 bits per heavy atom. The van der Waals surface area contributed by atoms with E-state index in [2.05, 4.69) is 68.7 Å². The van der Waals surface area contributed by atoms with Gasteiger partial charge in [-0.3, -0.25) is 63.2 Å². The molecule has 0 unspecified atom stereocenters. The first-order valence-electron chi connectivity index (χ1n) is 30.3.